The Morgan fingerprint density at radius 2 is 1.53 bits per heavy atom. The highest BCUT2D eigenvalue weighted by molar-refractivity contribution is 5.96. The molecule has 4 rings (SSSR count). The molecule has 0 heterocycles. The van der Waals surface area contributed by atoms with E-state index in [0.29, 0.717) is 12.1 Å². The van der Waals surface area contributed by atoms with Gasteiger partial charge in [0.1, 0.15) is 0 Å². The first-order chi connectivity index (χ1) is 15.5. The van der Waals surface area contributed by atoms with Gasteiger partial charge < -0.3 is 10.2 Å². The van der Waals surface area contributed by atoms with Crippen molar-refractivity contribution >= 4 is 16.7 Å². The summed E-state index contributed by atoms with van der Waals surface area (Å²) in [5.74, 6) is -0.0333. The molecule has 0 saturated carbocycles. The molecule has 162 valence electrons. The Kier molecular flexibility index (Phi) is 6.67. The molecule has 1 atom stereocenters. The molecule has 4 aromatic carbocycles. The van der Waals surface area contributed by atoms with E-state index in [1.807, 2.05) is 30.3 Å². The van der Waals surface area contributed by atoms with E-state index in [0.717, 1.165) is 17.5 Å². The van der Waals surface area contributed by atoms with Crippen LogP contribution in [0.5, 0.6) is 0 Å². The maximum atomic E-state index is 12.8. The molecule has 3 nitrogen and oxygen atoms in total. The van der Waals surface area contributed by atoms with Crippen molar-refractivity contribution in [3.63, 3.8) is 0 Å². The first-order valence-corrected chi connectivity index (χ1v) is 11.1. The predicted octanol–water partition coefficient (Wildman–Crippen LogP) is 6.24. The summed E-state index contributed by atoms with van der Waals surface area (Å²) >= 11 is 0. The van der Waals surface area contributed by atoms with E-state index >= 15 is 0 Å². The number of carbonyl (C=O) groups is 1. The lowest BCUT2D eigenvalue weighted by Gasteiger charge is -2.25. The van der Waals surface area contributed by atoms with Crippen molar-refractivity contribution in [2.24, 2.45) is 0 Å². The van der Waals surface area contributed by atoms with Crippen LogP contribution in [0.3, 0.4) is 0 Å². The number of rotatable bonds is 7. The first kappa shape index (κ1) is 21.8. The molecular weight excluding hydrogens is 392 g/mol. The summed E-state index contributed by atoms with van der Waals surface area (Å²) in [5, 5.41) is 5.52. The van der Waals surface area contributed by atoms with Crippen LogP contribution in [0.25, 0.3) is 21.9 Å². The molecule has 0 fully saturated rings. The fraction of sp³-hybridized carbons (Fsp3) is 0.207. The summed E-state index contributed by atoms with van der Waals surface area (Å²) in [7, 11) is 4.17. The zero-order valence-electron chi connectivity index (χ0n) is 19.0. The normalized spacial score (nSPS) is 12.1. The zero-order chi connectivity index (χ0) is 22.5. The minimum Gasteiger partial charge on any atom is -0.352 e. The van der Waals surface area contributed by atoms with Gasteiger partial charge in [0.05, 0.1) is 0 Å². The SMILES string of the molecule is Cc1ccc(C(CCNC(=O)c2cccc(-c3ccc4ccccc4c3)c2)N(C)C)cc1. The van der Waals surface area contributed by atoms with Crippen LogP contribution in [0, 0.1) is 6.92 Å². The number of benzene rings is 4. The maximum absolute atomic E-state index is 12.8. The van der Waals surface area contributed by atoms with Gasteiger partial charge in [0.15, 0.2) is 0 Å². The predicted molar refractivity (Wildman–Crippen MR) is 134 cm³/mol. The summed E-state index contributed by atoms with van der Waals surface area (Å²) in [4.78, 5) is 15.1. The summed E-state index contributed by atoms with van der Waals surface area (Å²) in [6.07, 6.45) is 0.853. The highest BCUT2D eigenvalue weighted by atomic mass is 16.1. The van der Waals surface area contributed by atoms with E-state index in [1.165, 1.54) is 21.9 Å². The van der Waals surface area contributed by atoms with Gasteiger partial charge in [-0.2, -0.15) is 0 Å². The number of hydrogen-bond donors (Lipinski definition) is 1. The summed E-state index contributed by atoms with van der Waals surface area (Å²) in [6.45, 7) is 2.72. The van der Waals surface area contributed by atoms with E-state index in [2.05, 4.69) is 91.9 Å². The molecule has 0 spiro atoms. The third-order valence-corrected chi connectivity index (χ3v) is 6.00. The van der Waals surface area contributed by atoms with Crippen LogP contribution < -0.4 is 5.32 Å². The smallest absolute Gasteiger partial charge is 0.251 e. The number of aryl methyl sites for hydroxylation is 1. The standard InChI is InChI=1S/C29H30N2O/c1-21-11-13-23(14-12-21)28(31(2)3)17-18-30-29(32)27-10-6-9-25(20-27)26-16-15-22-7-4-5-8-24(22)19-26/h4-16,19-20,28H,17-18H2,1-3H3,(H,30,32). The van der Waals surface area contributed by atoms with Crippen molar-refractivity contribution in [1.82, 2.24) is 10.2 Å². The highest BCUT2D eigenvalue weighted by Gasteiger charge is 2.15. The van der Waals surface area contributed by atoms with Crippen LogP contribution in [0.15, 0.2) is 91.0 Å². The molecule has 0 radical (unpaired) electrons. The van der Waals surface area contributed by atoms with E-state index < -0.39 is 0 Å². The lowest BCUT2D eigenvalue weighted by atomic mass is 9.99. The zero-order valence-corrected chi connectivity index (χ0v) is 19.0. The number of carbonyl (C=O) groups excluding carboxylic acids is 1. The second-order valence-electron chi connectivity index (χ2n) is 8.58. The Morgan fingerprint density at radius 3 is 2.28 bits per heavy atom. The molecule has 4 aromatic rings. The van der Waals surface area contributed by atoms with Crippen molar-refractivity contribution in [3.05, 3.63) is 108 Å². The lowest BCUT2D eigenvalue weighted by molar-refractivity contribution is 0.0949. The van der Waals surface area contributed by atoms with Gasteiger partial charge in [-0.05, 0) is 73.1 Å². The second-order valence-corrected chi connectivity index (χ2v) is 8.58. The Balaban J connectivity index is 1.43. The van der Waals surface area contributed by atoms with Crippen LogP contribution in [-0.4, -0.2) is 31.4 Å². The molecular formula is C29H30N2O. The number of amides is 1. The van der Waals surface area contributed by atoms with Gasteiger partial charge in [-0.25, -0.2) is 0 Å². The quantitative estimate of drug-likeness (QED) is 0.382. The van der Waals surface area contributed by atoms with Crippen LogP contribution in [0.1, 0.15) is 33.9 Å². The van der Waals surface area contributed by atoms with E-state index in [4.69, 9.17) is 0 Å². The maximum Gasteiger partial charge on any atom is 0.251 e. The fourth-order valence-corrected chi connectivity index (χ4v) is 4.14. The van der Waals surface area contributed by atoms with Crippen molar-refractivity contribution < 1.29 is 4.79 Å². The van der Waals surface area contributed by atoms with E-state index in [-0.39, 0.29) is 11.9 Å². The molecule has 1 unspecified atom stereocenters. The van der Waals surface area contributed by atoms with Gasteiger partial charge in [0.25, 0.3) is 5.91 Å². The average molecular weight is 423 g/mol. The third kappa shape index (κ3) is 5.06. The topological polar surface area (TPSA) is 32.3 Å². The van der Waals surface area contributed by atoms with Crippen LogP contribution in [-0.2, 0) is 0 Å². The van der Waals surface area contributed by atoms with Gasteiger partial charge in [0, 0.05) is 18.2 Å². The van der Waals surface area contributed by atoms with Crippen molar-refractivity contribution in [2.75, 3.05) is 20.6 Å². The number of nitrogens with zero attached hydrogens (tertiary/aromatic N) is 1. The summed E-state index contributed by atoms with van der Waals surface area (Å²) < 4.78 is 0. The number of nitrogens with one attached hydrogen (secondary N) is 1. The van der Waals surface area contributed by atoms with Crippen molar-refractivity contribution in [1.29, 1.82) is 0 Å². The minimum atomic E-state index is -0.0333. The Labute approximate surface area is 190 Å². The molecule has 1 amide bonds. The minimum absolute atomic E-state index is 0.0333. The first-order valence-electron chi connectivity index (χ1n) is 11.1. The summed E-state index contributed by atoms with van der Waals surface area (Å²) in [5.41, 5.74) is 5.38. The number of fused-ring (bicyclic) bond motifs is 1. The van der Waals surface area contributed by atoms with Gasteiger partial charge in [0.2, 0.25) is 0 Å². The Bertz CT molecular complexity index is 1210. The van der Waals surface area contributed by atoms with E-state index in [9.17, 15) is 4.79 Å². The molecule has 0 aliphatic heterocycles. The second kappa shape index (κ2) is 9.80. The highest BCUT2D eigenvalue weighted by Crippen LogP contribution is 2.25. The van der Waals surface area contributed by atoms with Crippen LogP contribution >= 0.6 is 0 Å². The number of hydrogen-bond acceptors (Lipinski definition) is 2. The van der Waals surface area contributed by atoms with Crippen molar-refractivity contribution in [2.45, 2.75) is 19.4 Å². The largest absolute Gasteiger partial charge is 0.352 e. The van der Waals surface area contributed by atoms with Crippen molar-refractivity contribution in [3.8, 4) is 11.1 Å². The molecule has 0 saturated heterocycles. The van der Waals surface area contributed by atoms with E-state index in [1.54, 1.807) is 0 Å². The van der Waals surface area contributed by atoms with Gasteiger partial charge in [-0.15, -0.1) is 0 Å². The van der Waals surface area contributed by atoms with Gasteiger partial charge in [-0.3, -0.25) is 4.79 Å². The van der Waals surface area contributed by atoms with Crippen LogP contribution in [0.2, 0.25) is 0 Å². The molecule has 0 aliphatic carbocycles. The molecule has 32 heavy (non-hydrogen) atoms. The van der Waals surface area contributed by atoms with Crippen LogP contribution in [0.4, 0.5) is 0 Å². The average Bonchev–Trinajstić information content (AvgIpc) is 2.82. The molecule has 0 bridgehead atoms. The van der Waals surface area contributed by atoms with Gasteiger partial charge in [-0.1, -0.05) is 78.4 Å². The third-order valence-electron chi connectivity index (χ3n) is 6.00. The molecule has 0 aliphatic rings. The Hall–Kier alpha value is -3.43. The monoisotopic (exact) mass is 422 g/mol. The van der Waals surface area contributed by atoms with Gasteiger partial charge >= 0.3 is 0 Å². The summed E-state index contributed by atoms with van der Waals surface area (Å²) in [6, 6.07) is 31.5. The fourth-order valence-electron chi connectivity index (χ4n) is 4.14. The Morgan fingerprint density at radius 1 is 0.812 bits per heavy atom. The molecule has 3 heteroatoms. The molecule has 0 aromatic heterocycles. The molecule has 1 N–H and O–H groups in total. The lowest BCUT2D eigenvalue weighted by Crippen LogP contribution is -2.29.